The summed E-state index contributed by atoms with van der Waals surface area (Å²) in [5.41, 5.74) is 0.734. The molecular formula is C23H29FN4O4S. The predicted octanol–water partition coefficient (Wildman–Crippen LogP) is 2.13. The molecule has 1 aromatic heterocycles. The van der Waals surface area contributed by atoms with E-state index in [9.17, 15) is 22.4 Å². The normalized spacial score (nSPS) is 19.5. The van der Waals surface area contributed by atoms with Crippen LogP contribution in [0, 0.1) is 17.7 Å². The van der Waals surface area contributed by atoms with Crippen LogP contribution in [0.4, 0.5) is 4.39 Å². The maximum Gasteiger partial charge on any atom is 0.242 e. The van der Waals surface area contributed by atoms with Crippen LogP contribution in [-0.2, 0) is 26.2 Å². The van der Waals surface area contributed by atoms with Crippen LogP contribution in [-0.4, -0.2) is 37.8 Å². The van der Waals surface area contributed by atoms with Crippen molar-refractivity contribution >= 4 is 21.8 Å². The maximum absolute atomic E-state index is 13.0. The van der Waals surface area contributed by atoms with Crippen molar-refractivity contribution in [3.8, 4) is 0 Å². The van der Waals surface area contributed by atoms with Crippen molar-refractivity contribution in [3.05, 3.63) is 60.2 Å². The van der Waals surface area contributed by atoms with Gasteiger partial charge in [0.1, 0.15) is 11.9 Å². The number of benzene rings is 1. The summed E-state index contributed by atoms with van der Waals surface area (Å²) in [4.78, 5) is 29.0. The number of rotatable bonds is 9. The van der Waals surface area contributed by atoms with E-state index in [4.69, 9.17) is 0 Å². The van der Waals surface area contributed by atoms with Gasteiger partial charge in [-0.25, -0.2) is 17.5 Å². The average Bonchev–Trinajstić information content (AvgIpc) is 2.82. The minimum Gasteiger partial charge on any atom is -0.349 e. The van der Waals surface area contributed by atoms with Crippen LogP contribution >= 0.6 is 0 Å². The molecule has 1 fully saturated rings. The molecule has 1 aromatic carbocycles. The molecule has 8 nitrogen and oxygen atoms in total. The lowest BCUT2D eigenvalue weighted by molar-refractivity contribution is -0.131. The van der Waals surface area contributed by atoms with Crippen molar-refractivity contribution in [2.45, 2.75) is 50.1 Å². The van der Waals surface area contributed by atoms with Gasteiger partial charge in [0.25, 0.3) is 0 Å². The summed E-state index contributed by atoms with van der Waals surface area (Å²) in [7, 11) is -3.70. The zero-order chi connectivity index (χ0) is 23.8. The first-order valence-electron chi connectivity index (χ1n) is 11.0. The van der Waals surface area contributed by atoms with Crippen LogP contribution in [0.3, 0.4) is 0 Å². The molecule has 3 N–H and O–H groups in total. The third-order valence-electron chi connectivity index (χ3n) is 5.83. The van der Waals surface area contributed by atoms with Crippen molar-refractivity contribution in [1.82, 2.24) is 20.3 Å². The van der Waals surface area contributed by atoms with Crippen LogP contribution in [0.25, 0.3) is 0 Å². The van der Waals surface area contributed by atoms with Gasteiger partial charge < -0.3 is 10.6 Å². The van der Waals surface area contributed by atoms with E-state index in [-0.39, 0.29) is 35.1 Å². The average molecular weight is 477 g/mol. The molecule has 178 valence electrons. The molecular weight excluding hydrogens is 447 g/mol. The number of hydrogen-bond donors (Lipinski definition) is 3. The van der Waals surface area contributed by atoms with Crippen LogP contribution in [0.1, 0.15) is 38.3 Å². The molecule has 10 heteroatoms. The highest BCUT2D eigenvalue weighted by molar-refractivity contribution is 7.89. The van der Waals surface area contributed by atoms with Gasteiger partial charge in [-0.15, -0.1) is 0 Å². The molecule has 2 aromatic rings. The van der Waals surface area contributed by atoms with E-state index in [0.29, 0.717) is 32.2 Å². The fraction of sp³-hybridized carbons (Fsp3) is 0.435. The summed E-state index contributed by atoms with van der Waals surface area (Å²) in [5, 5.41) is 5.53. The first kappa shape index (κ1) is 24.8. The molecule has 2 amide bonds. The molecule has 0 bridgehead atoms. The van der Waals surface area contributed by atoms with Gasteiger partial charge >= 0.3 is 0 Å². The quantitative estimate of drug-likeness (QED) is 0.513. The molecule has 1 atom stereocenters. The molecule has 1 aliphatic rings. The second kappa shape index (κ2) is 11.3. The molecule has 0 aliphatic heterocycles. The Morgan fingerprint density at radius 3 is 2.42 bits per heavy atom. The lowest BCUT2D eigenvalue weighted by atomic mass is 9.81. The van der Waals surface area contributed by atoms with Gasteiger partial charge in [-0.1, -0.05) is 6.07 Å². The number of amides is 2. The van der Waals surface area contributed by atoms with E-state index >= 15 is 0 Å². The summed E-state index contributed by atoms with van der Waals surface area (Å²) in [5.74, 6) is -1.03. The molecule has 1 aliphatic carbocycles. The van der Waals surface area contributed by atoms with Gasteiger partial charge in [-0.2, -0.15) is 0 Å². The van der Waals surface area contributed by atoms with Gasteiger partial charge in [0.15, 0.2) is 0 Å². The Balaban J connectivity index is 1.39. The van der Waals surface area contributed by atoms with Gasteiger partial charge in [-0.3, -0.25) is 14.6 Å². The molecule has 0 radical (unpaired) electrons. The van der Waals surface area contributed by atoms with Gasteiger partial charge in [0.05, 0.1) is 17.1 Å². The van der Waals surface area contributed by atoms with Crippen LogP contribution in [0.5, 0.6) is 0 Å². The Kier molecular flexibility index (Phi) is 8.51. The summed E-state index contributed by atoms with van der Waals surface area (Å²) in [6.45, 7) is 2.20. The molecule has 0 spiro atoms. The highest BCUT2D eigenvalue weighted by atomic mass is 32.2. The third kappa shape index (κ3) is 7.33. The smallest absolute Gasteiger partial charge is 0.242 e. The fourth-order valence-electron chi connectivity index (χ4n) is 3.78. The number of nitrogens with one attached hydrogen (secondary N) is 3. The second-order valence-electron chi connectivity index (χ2n) is 8.29. The first-order valence-corrected chi connectivity index (χ1v) is 12.5. The summed E-state index contributed by atoms with van der Waals surface area (Å²) in [6.07, 6.45) is 4.29. The Hall–Kier alpha value is -2.85. The zero-order valence-corrected chi connectivity index (χ0v) is 19.3. The van der Waals surface area contributed by atoms with E-state index in [1.54, 1.807) is 19.2 Å². The molecule has 0 saturated heterocycles. The second-order valence-corrected chi connectivity index (χ2v) is 10.1. The largest absolute Gasteiger partial charge is 0.349 e. The summed E-state index contributed by atoms with van der Waals surface area (Å²) in [6, 6.07) is 9.45. The number of carbonyl (C=O) groups is 2. The topological polar surface area (TPSA) is 117 Å². The SMILES string of the molecule is C[C@H](NC(=O)C1CCC(CNS(=O)(=O)c2ccc(F)cc2)CC1)C(=O)NCc1ccccn1. The minimum absolute atomic E-state index is 0.0206. The van der Waals surface area contributed by atoms with Gasteiger partial charge in [0.2, 0.25) is 21.8 Å². The highest BCUT2D eigenvalue weighted by Crippen LogP contribution is 2.29. The van der Waals surface area contributed by atoms with Crippen LogP contribution in [0.2, 0.25) is 0 Å². The van der Waals surface area contributed by atoms with Crippen LogP contribution in [0.15, 0.2) is 53.6 Å². The van der Waals surface area contributed by atoms with Crippen LogP contribution < -0.4 is 15.4 Å². The van der Waals surface area contributed by atoms with E-state index < -0.39 is 21.9 Å². The molecule has 33 heavy (non-hydrogen) atoms. The van der Waals surface area contributed by atoms with Crippen molar-refractivity contribution < 1.29 is 22.4 Å². The number of nitrogens with zero attached hydrogens (tertiary/aromatic N) is 1. The molecule has 3 rings (SSSR count). The minimum atomic E-state index is -3.70. The summed E-state index contributed by atoms with van der Waals surface area (Å²) < 4.78 is 40.3. The Morgan fingerprint density at radius 2 is 1.79 bits per heavy atom. The maximum atomic E-state index is 13.0. The standard InChI is InChI=1S/C23H29FN4O4S/c1-16(22(29)26-15-20-4-2-3-13-25-20)28-23(30)18-7-5-17(6-8-18)14-27-33(31,32)21-11-9-19(24)10-12-21/h2-4,9-13,16-18,27H,5-8,14-15H2,1H3,(H,26,29)(H,28,30)/t16-,17?,18?/m0/s1. The zero-order valence-electron chi connectivity index (χ0n) is 18.5. The molecule has 1 saturated carbocycles. The van der Waals surface area contributed by atoms with E-state index in [0.717, 1.165) is 17.8 Å². The van der Waals surface area contributed by atoms with E-state index in [2.05, 4.69) is 20.3 Å². The highest BCUT2D eigenvalue weighted by Gasteiger charge is 2.29. The van der Waals surface area contributed by atoms with Crippen molar-refractivity contribution in [2.24, 2.45) is 11.8 Å². The van der Waals surface area contributed by atoms with Gasteiger partial charge in [-0.05, 0) is 74.9 Å². The molecule has 0 unspecified atom stereocenters. The lowest BCUT2D eigenvalue weighted by Gasteiger charge is -2.28. The van der Waals surface area contributed by atoms with Gasteiger partial charge in [0, 0.05) is 18.7 Å². The number of sulfonamides is 1. The third-order valence-corrected chi connectivity index (χ3v) is 7.26. The monoisotopic (exact) mass is 476 g/mol. The molecule has 1 heterocycles. The van der Waals surface area contributed by atoms with Crippen molar-refractivity contribution in [2.75, 3.05) is 6.54 Å². The lowest BCUT2D eigenvalue weighted by Crippen LogP contribution is -2.47. The van der Waals surface area contributed by atoms with E-state index in [1.165, 1.54) is 12.1 Å². The number of aromatic nitrogens is 1. The van der Waals surface area contributed by atoms with E-state index in [1.807, 2.05) is 12.1 Å². The Morgan fingerprint density at radius 1 is 1.09 bits per heavy atom. The van der Waals surface area contributed by atoms with Crippen molar-refractivity contribution in [3.63, 3.8) is 0 Å². The summed E-state index contributed by atoms with van der Waals surface area (Å²) >= 11 is 0. The number of hydrogen-bond acceptors (Lipinski definition) is 5. The van der Waals surface area contributed by atoms with Crippen molar-refractivity contribution in [1.29, 1.82) is 0 Å². The first-order chi connectivity index (χ1) is 15.7. The predicted molar refractivity (Wildman–Crippen MR) is 121 cm³/mol. The number of halogens is 1. The number of carbonyl (C=O) groups excluding carboxylic acids is 2. The number of pyridine rings is 1. The fourth-order valence-corrected chi connectivity index (χ4v) is 4.90. The Labute approximate surface area is 193 Å². The Bertz CT molecular complexity index is 1040.